The highest BCUT2D eigenvalue weighted by molar-refractivity contribution is 7.08. The van der Waals surface area contributed by atoms with Crippen molar-refractivity contribution in [1.29, 1.82) is 0 Å². The Morgan fingerprint density at radius 1 is 1.23 bits per heavy atom. The molecule has 116 valence electrons. The molecule has 1 fully saturated rings. The summed E-state index contributed by atoms with van der Waals surface area (Å²) in [6.07, 6.45) is 3.40. The number of ether oxygens (including phenoxy) is 1. The molecule has 2 aromatic rings. The Hall–Kier alpha value is -1.81. The van der Waals surface area contributed by atoms with Gasteiger partial charge in [-0.1, -0.05) is 18.6 Å². The molecule has 1 aromatic carbocycles. The van der Waals surface area contributed by atoms with E-state index in [0.717, 1.165) is 37.2 Å². The summed E-state index contributed by atoms with van der Waals surface area (Å²) in [4.78, 5) is 14.6. The van der Waals surface area contributed by atoms with Crippen LogP contribution in [0, 0.1) is 0 Å². The molecule has 0 radical (unpaired) electrons. The van der Waals surface area contributed by atoms with Crippen LogP contribution in [0.25, 0.3) is 0 Å². The molecule has 1 saturated heterocycles. The number of methoxy groups -OCH3 is 1. The topological polar surface area (TPSA) is 29.5 Å². The fourth-order valence-corrected chi connectivity index (χ4v) is 3.67. The lowest BCUT2D eigenvalue weighted by molar-refractivity contribution is 0.0755. The Labute approximate surface area is 135 Å². The van der Waals surface area contributed by atoms with Gasteiger partial charge in [-0.2, -0.15) is 11.3 Å². The first kappa shape index (κ1) is 15.1. The number of thiophene rings is 1. The molecular formula is C18H21NO2S. The Bertz CT molecular complexity index is 607. The van der Waals surface area contributed by atoms with Crippen molar-refractivity contribution < 1.29 is 9.53 Å². The molecule has 3 rings (SSSR count). The molecule has 3 nitrogen and oxygen atoms in total. The first-order valence-electron chi connectivity index (χ1n) is 7.73. The van der Waals surface area contributed by atoms with E-state index in [1.54, 1.807) is 18.4 Å². The van der Waals surface area contributed by atoms with Crippen LogP contribution in [0.2, 0.25) is 0 Å². The highest BCUT2D eigenvalue weighted by Gasteiger charge is 2.24. The minimum Gasteiger partial charge on any atom is -0.497 e. The Morgan fingerprint density at radius 3 is 2.73 bits per heavy atom. The van der Waals surface area contributed by atoms with Crippen molar-refractivity contribution in [2.24, 2.45) is 0 Å². The van der Waals surface area contributed by atoms with Gasteiger partial charge in [-0.3, -0.25) is 4.79 Å². The van der Waals surface area contributed by atoms with E-state index in [0.29, 0.717) is 5.92 Å². The molecule has 2 heterocycles. The number of hydrogen-bond donors (Lipinski definition) is 0. The van der Waals surface area contributed by atoms with Crippen LogP contribution in [0.5, 0.6) is 5.75 Å². The maximum Gasteiger partial charge on any atom is 0.254 e. The van der Waals surface area contributed by atoms with Gasteiger partial charge in [0.1, 0.15) is 5.75 Å². The smallest absolute Gasteiger partial charge is 0.254 e. The van der Waals surface area contributed by atoms with Crippen LogP contribution in [0.1, 0.15) is 41.1 Å². The van der Waals surface area contributed by atoms with Crippen LogP contribution in [0.15, 0.2) is 41.1 Å². The fraction of sp³-hybridized carbons (Fsp3) is 0.389. The highest BCUT2D eigenvalue weighted by atomic mass is 32.1. The largest absolute Gasteiger partial charge is 0.497 e. The molecule has 0 spiro atoms. The lowest BCUT2D eigenvalue weighted by Gasteiger charge is -2.24. The summed E-state index contributed by atoms with van der Waals surface area (Å²) in [5, 5.41) is 3.90. The molecule has 1 atom stereocenters. The van der Waals surface area contributed by atoms with Gasteiger partial charge in [-0.05, 0) is 42.0 Å². The number of rotatable bonds is 3. The fourth-order valence-electron chi connectivity index (χ4n) is 3.04. The number of carbonyl (C=O) groups is 1. The quantitative estimate of drug-likeness (QED) is 0.851. The third kappa shape index (κ3) is 3.33. The van der Waals surface area contributed by atoms with E-state index in [1.165, 1.54) is 12.0 Å². The second-order valence-electron chi connectivity index (χ2n) is 5.73. The van der Waals surface area contributed by atoms with Gasteiger partial charge >= 0.3 is 0 Å². The van der Waals surface area contributed by atoms with E-state index in [9.17, 15) is 4.79 Å². The van der Waals surface area contributed by atoms with Crippen molar-refractivity contribution in [2.75, 3.05) is 20.2 Å². The monoisotopic (exact) mass is 315 g/mol. The molecule has 4 heteroatoms. The van der Waals surface area contributed by atoms with Crippen molar-refractivity contribution in [1.82, 2.24) is 4.90 Å². The predicted octanol–water partition coefficient (Wildman–Crippen LogP) is 4.17. The summed E-state index contributed by atoms with van der Waals surface area (Å²) < 4.78 is 5.23. The predicted molar refractivity (Wildman–Crippen MR) is 89.8 cm³/mol. The standard InChI is InChI=1S/C18H21NO2S/c1-21-17-7-5-14(6-8-17)15-4-2-3-10-19(12-15)18(20)16-9-11-22-13-16/h5-9,11,13,15H,2-4,10,12H2,1H3. The summed E-state index contributed by atoms with van der Waals surface area (Å²) >= 11 is 1.58. The Morgan fingerprint density at radius 2 is 2.05 bits per heavy atom. The average molecular weight is 315 g/mol. The number of carbonyl (C=O) groups excluding carboxylic acids is 1. The molecule has 1 aliphatic rings. The first-order valence-corrected chi connectivity index (χ1v) is 8.67. The van der Waals surface area contributed by atoms with E-state index in [4.69, 9.17) is 4.74 Å². The van der Waals surface area contributed by atoms with Gasteiger partial charge in [0, 0.05) is 24.4 Å². The van der Waals surface area contributed by atoms with Crippen molar-refractivity contribution in [3.63, 3.8) is 0 Å². The third-order valence-electron chi connectivity index (χ3n) is 4.31. The van der Waals surface area contributed by atoms with Crippen molar-refractivity contribution in [3.05, 3.63) is 52.2 Å². The summed E-state index contributed by atoms with van der Waals surface area (Å²) in [7, 11) is 1.68. The van der Waals surface area contributed by atoms with Gasteiger partial charge in [0.05, 0.1) is 12.7 Å². The Balaban J connectivity index is 1.75. The van der Waals surface area contributed by atoms with Crippen molar-refractivity contribution >= 4 is 17.2 Å². The number of nitrogens with zero attached hydrogens (tertiary/aromatic N) is 1. The SMILES string of the molecule is COc1ccc(C2CCCCN(C(=O)c3ccsc3)C2)cc1. The zero-order chi connectivity index (χ0) is 15.4. The summed E-state index contributed by atoms with van der Waals surface area (Å²) in [6, 6.07) is 10.2. The molecule has 22 heavy (non-hydrogen) atoms. The Kier molecular flexibility index (Phi) is 4.78. The molecule has 1 aromatic heterocycles. The lowest BCUT2D eigenvalue weighted by atomic mass is 9.94. The zero-order valence-electron chi connectivity index (χ0n) is 12.8. The summed E-state index contributed by atoms with van der Waals surface area (Å²) in [6.45, 7) is 1.67. The molecule has 1 aliphatic heterocycles. The van der Waals surface area contributed by atoms with Crippen molar-refractivity contribution in [2.45, 2.75) is 25.2 Å². The maximum absolute atomic E-state index is 12.6. The molecule has 1 amide bonds. The van der Waals surface area contributed by atoms with Crippen LogP contribution in [0.4, 0.5) is 0 Å². The average Bonchev–Trinajstić information content (AvgIpc) is 2.99. The van der Waals surface area contributed by atoms with E-state index in [-0.39, 0.29) is 5.91 Å². The van der Waals surface area contributed by atoms with Gasteiger partial charge in [-0.25, -0.2) is 0 Å². The van der Waals surface area contributed by atoms with Gasteiger partial charge in [-0.15, -0.1) is 0 Å². The first-order chi connectivity index (χ1) is 10.8. The molecule has 0 N–H and O–H groups in total. The van der Waals surface area contributed by atoms with Gasteiger partial charge in [0.2, 0.25) is 0 Å². The number of hydrogen-bond acceptors (Lipinski definition) is 3. The minimum atomic E-state index is 0.168. The number of amides is 1. The zero-order valence-corrected chi connectivity index (χ0v) is 13.6. The molecular weight excluding hydrogens is 294 g/mol. The van der Waals surface area contributed by atoms with Crippen LogP contribution in [0.3, 0.4) is 0 Å². The molecule has 0 saturated carbocycles. The summed E-state index contributed by atoms with van der Waals surface area (Å²) in [5.41, 5.74) is 2.12. The van der Waals surface area contributed by atoms with E-state index >= 15 is 0 Å². The van der Waals surface area contributed by atoms with E-state index < -0.39 is 0 Å². The second-order valence-corrected chi connectivity index (χ2v) is 6.51. The van der Waals surface area contributed by atoms with Crippen LogP contribution in [-0.4, -0.2) is 31.0 Å². The lowest BCUT2D eigenvalue weighted by Crippen LogP contribution is -2.33. The van der Waals surface area contributed by atoms with Gasteiger partial charge in [0.25, 0.3) is 5.91 Å². The van der Waals surface area contributed by atoms with Gasteiger partial charge < -0.3 is 9.64 Å². The second kappa shape index (κ2) is 6.97. The maximum atomic E-state index is 12.6. The number of benzene rings is 1. The molecule has 1 unspecified atom stereocenters. The van der Waals surface area contributed by atoms with E-state index in [2.05, 4.69) is 12.1 Å². The third-order valence-corrected chi connectivity index (χ3v) is 5.00. The minimum absolute atomic E-state index is 0.168. The number of likely N-dealkylation sites (tertiary alicyclic amines) is 1. The van der Waals surface area contributed by atoms with Crippen LogP contribution < -0.4 is 4.74 Å². The van der Waals surface area contributed by atoms with E-state index in [1.807, 2.05) is 33.9 Å². The van der Waals surface area contributed by atoms with Crippen LogP contribution >= 0.6 is 11.3 Å². The highest BCUT2D eigenvalue weighted by Crippen LogP contribution is 2.28. The normalized spacial score (nSPS) is 18.8. The van der Waals surface area contributed by atoms with Crippen LogP contribution in [-0.2, 0) is 0 Å². The van der Waals surface area contributed by atoms with Crippen molar-refractivity contribution in [3.8, 4) is 5.75 Å². The molecule has 0 aliphatic carbocycles. The molecule has 0 bridgehead atoms. The van der Waals surface area contributed by atoms with Gasteiger partial charge in [0.15, 0.2) is 0 Å². The summed E-state index contributed by atoms with van der Waals surface area (Å²) in [5.74, 6) is 1.46.